The van der Waals surface area contributed by atoms with Crippen LogP contribution < -0.4 is 5.63 Å². The average molecular weight is 276 g/mol. The summed E-state index contributed by atoms with van der Waals surface area (Å²) in [5, 5.41) is 18.7. The van der Waals surface area contributed by atoms with Crippen LogP contribution in [0.25, 0.3) is 11.0 Å². The number of hydrogen-bond donors (Lipinski definition) is 2. The minimum Gasteiger partial charge on any atom is -0.507 e. The quantitative estimate of drug-likeness (QED) is 0.649. The van der Waals surface area contributed by atoms with Gasteiger partial charge in [0, 0.05) is 17.4 Å². The number of aldehydes is 1. The van der Waals surface area contributed by atoms with Crippen molar-refractivity contribution < 1.29 is 24.2 Å². The first-order valence-electron chi connectivity index (χ1n) is 5.91. The third kappa shape index (κ3) is 2.27. The van der Waals surface area contributed by atoms with Gasteiger partial charge in [0.1, 0.15) is 5.75 Å². The van der Waals surface area contributed by atoms with Crippen LogP contribution in [0.15, 0.2) is 21.3 Å². The molecule has 0 spiro atoms. The molecular weight excluding hydrogens is 264 g/mol. The summed E-state index contributed by atoms with van der Waals surface area (Å²) >= 11 is 0. The monoisotopic (exact) mass is 276 g/mol. The van der Waals surface area contributed by atoms with Gasteiger partial charge >= 0.3 is 11.6 Å². The van der Waals surface area contributed by atoms with E-state index in [1.54, 1.807) is 6.92 Å². The van der Waals surface area contributed by atoms with E-state index in [4.69, 9.17) is 9.52 Å². The summed E-state index contributed by atoms with van der Waals surface area (Å²) in [4.78, 5) is 33.4. The molecule has 0 unspecified atom stereocenters. The van der Waals surface area contributed by atoms with Crippen LogP contribution in [-0.2, 0) is 11.2 Å². The number of hydrogen-bond acceptors (Lipinski definition) is 5. The SMILES string of the molecule is Cc1c(CCC(=O)O)c(=O)oc2c(C=O)c(O)ccc12. The predicted molar refractivity (Wildman–Crippen MR) is 70.2 cm³/mol. The van der Waals surface area contributed by atoms with Crippen molar-refractivity contribution in [2.24, 2.45) is 0 Å². The maximum atomic E-state index is 11.9. The van der Waals surface area contributed by atoms with E-state index in [0.29, 0.717) is 17.2 Å². The summed E-state index contributed by atoms with van der Waals surface area (Å²) in [6.07, 6.45) is 0.281. The van der Waals surface area contributed by atoms with Crippen LogP contribution in [0.5, 0.6) is 5.75 Å². The van der Waals surface area contributed by atoms with Crippen LogP contribution >= 0.6 is 0 Å². The van der Waals surface area contributed by atoms with E-state index in [1.165, 1.54) is 12.1 Å². The van der Waals surface area contributed by atoms with Crippen molar-refractivity contribution in [2.75, 3.05) is 0 Å². The number of aryl methyl sites for hydroxylation is 1. The number of carbonyl (C=O) groups excluding carboxylic acids is 1. The van der Waals surface area contributed by atoms with Gasteiger partial charge in [0.15, 0.2) is 11.9 Å². The van der Waals surface area contributed by atoms with E-state index in [-0.39, 0.29) is 35.3 Å². The second kappa shape index (κ2) is 5.16. The number of carboxylic acid groups (broad SMARTS) is 1. The van der Waals surface area contributed by atoms with E-state index >= 15 is 0 Å². The molecule has 0 atom stereocenters. The topological polar surface area (TPSA) is 105 Å². The highest BCUT2D eigenvalue weighted by molar-refractivity contribution is 5.98. The van der Waals surface area contributed by atoms with E-state index < -0.39 is 11.6 Å². The molecule has 1 aromatic carbocycles. The molecule has 20 heavy (non-hydrogen) atoms. The zero-order chi connectivity index (χ0) is 14.9. The molecule has 1 aromatic heterocycles. The Hall–Kier alpha value is -2.63. The molecule has 0 bridgehead atoms. The standard InChI is InChI=1S/C14H12O6/c1-7-8-2-4-11(16)10(6-15)13(8)20-14(19)9(7)3-5-12(17)18/h2,4,6,16H,3,5H2,1H3,(H,17,18). The molecule has 6 heteroatoms. The molecule has 6 nitrogen and oxygen atoms in total. The molecule has 104 valence electrons. The first-order chi connectivity index (χ1) is 9.45. The van der Waals surface area contributed by atoms with Crippen molar-refractivity contribution in [1.29, 1.82) is 0 Å². The Morgan fingerprint density at radius 3 is 2.70 bits per heavy atom. The molecule has 2 rings (SSSR count). The predicted octanol–water partition coefficient (Wildman–Crippen LogP) is 1.64. The van der Waals surface area contributed by atoms with Gasteiger partial charge in [-0.2, -0.15) is 0 Å². The summed E-state index contributed by atoms with van der Waals surface area (Å²) in [5.74, 6) is -1.28. The second-order valence-corrected chi connectivity index (χ2v) is 4.38. The van der Waals surface area contributed by atoms with Crippen molar-refractivity contribution >= 4 is 23.2 Å². The first kappa shape index (κ1) is 13.8. The van der Waals surface area contributed by atoms with E-state index in [2.05, 4.69) is 0 Å². The number of aliphatic carboxylic acids is 1. The van der Waals surface area contributed by atoms with Crippen molar-refractivity contribution in [3.8, 4) is 5.75 Å². The Morgan fingerprint density at radius 2 is 2.10 bits per heavy atom. The van der Waals surface area contributed by atoms with Crippen LogP contribution in [0.2, 0.25) is 0 Å². The van der Waals surface area contributed by atoms with Crippen LogP contribution in [0.1, 0.15) is 27.9 Å². The lowest BCUT2D eigenvalue weighted by Crippen LogP contribution is -2.12. The Bertz CT molecular complexity index is 756. The molecule has 0 amide bonds. The zero-order valence-electron chi connectivity index (χ0n) is 10.7. The van der Waals surface area contributed by atoms with Gasteiger partial charge in [0.2, 0.25) is 0 Å². The van der Waals surface area contributed by atoms with Crippen molar-refractivity contribution in [1.82, 2.24) is 0 Å². The van der Waals surface area contributed by atoms with E-state index in [0.717, 1.165) is 0 Å². The highest BCUT2D eigenvalue weighted by Gasteiger charge is 2.16. The minimum atomic E-state index is -1.01. The highest BCUT2D eigenvalue weighted by atomic mass is 16.4. The fraction of sp³-hybridized carbons (Fsp3) is 0.214. The molecule has 0 radical (unpaired) electrons. The zero-order valence-corrected chi connectivity index (χ0v) is 10.7. The number of carboxylic acids is 1. The van der Waals surface area contributed by atoms with Gasteiger partial charge in [-0.25, -0.2) is 4.79 Å². The van der Waals surface area contributed by atoms with Gasteiger partial charge in [0.05, 0.1) is 5.56 Å². The molecule has 0 aliphatic carbocycles. The summed E-state index contributed by atoms with van der Waals surface area (Å²) in [6.45, 7) is 1.65. The van der Waals surface area contributed by atoms with Gasteiger partial charge in [-0.1, -0.05) is 0 Å². The lowest BCUT2D eigenvalue weighted by atomic mass is 10.0. The Balaban J connectivity index is 2.71. The molecule has 0 aliphatic rings. The number of phenolic OH excluding ortho intramolecular Hbond substituents is 1. The lowest BCUT2D eigenvalue weighted by molar-refractivity contribution is -0.136. The largest absolute Gasteiger partial charge is 0.507 e. The number of benzene rings is 1. The van der Waals surface area contributed by atoms with Gasteiger partial charge < -0.3 is 14.6 Å². The third-order valence-corrected chi connectivity index (χ3v) is 3.18. The van der Waals surface area contributed by atoms with Crippen molar-refractivity contribution in [3.05, 3.63) is 39.2 Å². The average Bonchev–Trinajstić information content (AvgIpc) is 2.38. The number of carbonyl (C=O) groups is 2. The number of aromatic hydroxyl groups is 1. The van der Waals surface area contributed by atoms with E-state index in [1.807, 2.05) is 0 Å². The number of phenols is 1. The maximum Gasteiger partial charge on any atom is 0.339 e. The second-order valence-electron chi connectivity index (χ2n) is 4.38. The smallest absolute Gasteiger partial charge is 0.339 e. The number of rotatable bonds is 4. The Labute approximate surface area is 113 Å². The molecule has 2 aromatic rings. The van der Waals surface area contributed by atoms with Crippen molar-refractivity contribution in [3.63, 3.8) is 0 Å². The molecule has 2 N–H and O–H groups in total. The van der Waals surface area contributed by atoms with Gasteiger partial charge in [-0.05, 0) is 31.0 Å². The highest BCUT2D eigenvalue weighted by Crippen LogP contribution is 2.28. The normalized spacial score (nSPS) is 10.7. The van der Waals surface area contributed by atoms with Crippen molar-refractivity contribution in [2.45, 2.75) is 19.8 Å². The van der Waals surface area contributed by atoms with E-state index in [9.17, 15) is 19.5 Å². The summed E-state index contributed by atoms with van der Waals surface area (Å²) in [6, 6.07) is 2.86. The molecule has 1 heterocycles. The molecule has 0 aliphatic heterocycles. The van der Waals surface area contributed by atoms with Gasteiger partial charge in [0.25, 0.3) is 0 Å². The Morgan fingerprint density at radius 1 is 1.40 bits per heavy atom. The van der Waals surface area contributed by atoms with Crippen LogP contribution in [0.4, 0.5) is 0 Å². The maximum absolute atomic E-state index is 11.9. The number of fused-ring (bicyclic) bond motifs is 1. The molecule has 0 saturated heterocycles. The van der Waals surface area contributed by atoms with Crippen LogP contribution in [0.3, 0.4) is 0 Å². The summed E-state index contributed by atoms with van der Waals surface area (Å²) in [5.41, 5.74) is 0.0575. The third-order valence-electron chi connectivity index (χ3n) is 3.18. The molecule has 0 fully saturated rings. The summed E-state index contributed by atoms with van der Waals surface area (Å²) in [7, 11) is 0. The van der Waals surface area contributed by atoms with Crippen LogP contribution in [-0.4, -0.2) is 22.5 Å². The van der Waals surface area contributed by atoms with Gasteiger partial charge in [-0.15, -0.1) is 0 Å². The summed E-state index contributed by atoms with van der Waals surface area (Å²) < 4.78 is 5.07. The van der Waals surface area contributed by atoms with Gasteiger partial charge in [-0.3, -0.25) is 9.59 Å². The fourth-order valence-electron chi connectivity index (χ4n) is 2.10. The first-order valence-corrected chi connectivity index (χ1v) is 5.91. The minimum absolute atomic E-state index is 0.0153. The molecule has 0 saturated carbocycles. The van der Waals surface area contributed by atoms with Crippen LogP contribution in [0, 0.1) is 6.92 Å². The fourth-order valence-corrected chi connectivity index (χ4v) is 2.10. The molecular formula is C14H12O6. The Kier molecular flexibility index (Phi) is 3.56. The lowest BCUT2D eigenvalue weighted by Gasteiger charge is -2.08.